The second kappa shape index (κ2) is 6.99. The standard InChI is InChI=1S/C12H18ClNO2S/c1-11-4-2-5-12(10-11)6-8-14-17(15,16)9-3-7-13/h2,4-5,10,14H,3,6-9H2,1H3. The molecular weight excluding hydrogens is 258 g/mol. The van der Waals surface area contributed by atoms with E-state index in [0.717, 1.165) is 5.56 Å². The van der Waals surface area contributed by atoms with Crippen LogP contribution in [0.2, 0.25) is 0 Å². The third-order valence-electron chi connectivity index (χ3n) is 2.36. The zero-order valence-corrected chi connectivity index (χ0v) is 11.5. The zero-order chi connectivity index (χ0) is 12.7. The quantitative estimate of drug-likeness (QED) is 0.775. The highest BCUT2D eigenvalue weighted by molar-refractivity contribution is 7.89. The van der Waals surface area contributed by atoms with E-state index in [1.807, 2.05) is 25.1 Å². The van der Waals surface area contributed by atoms with Gasteiger partial charge in [0.25, 0.3) is 0 Å². The fourth-order valence-electron chi connectivity index (χ4n) is 1.54. The summed E-state index contributed by atoms with van der Waals surface area (Å²) in [6.45, 7) is 2.46. The lowest BCUT2D eigenvalue weighted by Gasteiger charge is -2.06. The number of benzene rings is 1. The van der Waals surface area contributed by atoms with Gasteiger partial charge in [0.2, 0.25) is 10.0 Å². The van der Waals surface area contributed by atoms with Crippen molar-refractivity contribution in [2.24, 2.45) is 0 Å². The lowest BCUT2D eigenvalue weighted by atomic mass is 10.1. The fraction of sp³-hybridized carbons (Fsp3) is 0.500. The highest BCUT2D eigenvalue weighted by atomic mass is 35.5. The van der Waals surface area contributed by atoms with E-state index in [4.69, 9.17) is 11.6 Å². The van der Waals surface area contributed by atoms with Crippen LogP contribution < -0.4 is 4.72 Å². The molecule has 1 aromatic rings. The summed E-state index contributed by atoms with van der Waals surface area (Å²) in [6.07, 6.45) is 1.20. The van der Waals surface area contributed by atoms with Crippen molar-refractivity contribution in [1.29, 1.82) is 0 Å². The molecule has 0 aliphatic heterocycles. The van der Waals surface area contributed by atoms with E-state index in [1.165, 1.54) is 5.56 Å². The van der Waals surface area contributed by atoms with E-state index in [-0.39, 0.29) is 5.75 Å². The van der Waals surface area contributed by atoms with Gasteiger partial charge in [-0.25, -0.2) is 13.1 Å². The first-order valence-electron chi connectivity index (χ1n) is 5.62. The highest BCUT2D eigenvalue weighted by Gasteiger charge is 2.08. The second-order valence-corrected chi connectivity index (χ2v) is 6.30. The molecule has 0 aliphatic rings. The molecule has 0 saturated heterocycles. The average Bonchev–Trinajstić information content (AvgIpc) is 2.26. The lowest BCUT2D eigenvalue weighted by molar-refractivity contribution is 0.580. The van der Waals surface area contributed by atoms with E-state index in [1.54, 1.807) is 0 Å². The molecule has 0 saturated carbocycles. The van der Waals surface area contributed by atoms with E-state index in [2.05, 4.69) is 10.8 Å². The van der Waals surface area contributed by atoms with Crippen molar-refractivity contribution < 1.29 is 8.42 Å². The predicted molar refractivity (Wildman–Crippen MR) is 72.0 cm³/mol. The molecule has 0 aliphatic carbocycles. The van der Waals surface area contributed by atoms with Gasteiger partial charge in [-0.1, -0.05) is 29.8 Å². The highest BCUT2D eigenvalue weighted by Crippen LogP contribution is 2.04. The molecule has 0 aromatic heterocycles. The Morgan fingerprint density at radius 2 is 2.12 bits per heavy atom. The Morgan fingerprint density at radius 3 is 2.76 bits per heavy atom. The minimum absolute atomic E-state index is 0.102. The maximum absolute atomic E-state index is 11.5. The number of nitrogens with one attached hydrogen (secondary N) is 1. The fourth-order valence-corrected chi connectivity index (χ4v) is 2.91. The molecule has 0 fully saturated rings. The maximum atomic E-state index is 11.5. The van der Waals surface area contributed by atoms with Gasteiger partial charge in [-0.2, -0.15) is 0 Å². The molecular formula is C12H18ClNO2S. The second-order valence-electron chi connectivity index (χ2n) is 3.99. The Labute approximate surface area is 108 Å². The van der Waals surface area contributed by atoms with Crippen LogP contribution in [0, 0.1) is 6.92 Å². The van der Waals surface area contributed by atoms with E-state index >= 15 is 0 Å². The van der Waals surface area contributed by atoms with Crippen molar-refractivity contribution in [3.63, 3.8) is 0 Å². The Morgan fingerprint density at radius 1 is 1.35 bits per heavy atom. The Kier molecular flexibility index (Phi) is 5.95. The van der Waals surface area contributed by atoms with Crippen LogP contribution >= 0.6 is 11.6 Å². The monoisotopic (exact) mass is 275 g/mol. The van der Waals surface area contributed by atoms with Gasteiger partial charge in [-0.3, -0.25) is 0 Å². The van der Waals surface area contributed by atoms with Crippen LogP contribution in [0.4, 0.5) is 0 Å². The molecule has 17 heavy (non-hydrogen) atoms. The lowest BCUT2D eigenvalue weighted by Crippen LogP contribution is -2.28. The van der Waals surface area contributed by atoms with Crippen molar-refractivity contribution in [2.45, 2.75) is 19.8 Å². The van der Waals surface area contributed by atoms with Crippen LogP contribution in [0.25, 0.3) is 0 Å². The largest absolute Gasteiger partial charge is 0.215 e. The van der Waals surface area contributed by atoms with Crippen LogP contribution in [0.1, 0.15) is 17.5 Å². The summed E-state index contributed by atoms with van der Waals surface area (Å²) in [4.78, 5) is 0. The molecule has 0 radical (unpaired) electrons. The molecule has 0 atom stereocenters. The SMILES string of the molecule is Cc1cccc(CCNS(=O)(=O)CCCCl)c1. The van der Waals surface area contributed by atoms with Gasteiger partial charge in [0.1, 0.15) is 0 Å². The van der Waals surface area contributed by atoms with Crippen molar-refractivity contribution in [3.05, 3.63) is 35.4 Å². The molecule has 1 rings (SSSR count). The summed E-state index contributed by atoms with van der Waals surface area (Å²) in [7, 11) is -3.16. The molecule has 0 amide bonds. The topological polar surface area (TPSA) is 46.2 Å². The van der Waals surface area contributed by atoms with Gasteiger partial charge in [0.05, 0.1) is 5.75 Å². The molecule has 96 valence electrons. The van der Waals surface area contributed by atoms with Gasteiger partial charge in [0, 0.05) is 12.4 Å². The minimum atomic E-state index is -3.16. The number of aryl methyl sites for hydroxylation is 1. The van der Waals surface area contributed by atoms with Gasteiger partial charge in [-0.05, 0) is 25.3 Å². The summed E-state index contributed by atoms with van der Waals surface area (Å²) in [6, 6.07) is 8.06. The van der Waals surface area contributed by atoms with Crippen LogP contribution in [-0.4, -0.2) is 26.6 Å². The summed E-state index contributed by atoms with van der Waals surface area (Å²) >= 11 is 5.46. The minimum Gasteiger partial charge on any atom is -0.215 e. The van der Waals surface area contributed by atoms with E-state index in [0.29, 0.717) is 25.3 Å². The van der Waals surface area contributed by atoms with Gasteiger partial charge in [0.15, 0.2) is 0 Å². The number of rotatable bonds is 7. The molecule has 0 spiro atoms. The third kappa shape index (κ3) is 6.05. The number of sulfonamides is 1. The summed E-state index contributed by atoms with van der Waals surface area (Å²) in [5.41, 5.74) is 2.33. The molecule has 0 bridgehead atoms. The number of hydrogen-bond donors (Lipinski definition) is 1. The van der Waals surface area contributed by atoms with Gasteiger partial charge < -0.3 is 0 Å². The maximum Gasteiger partial charge on any atom is 0.211 e. The molecule has 0 unspecified atom stereocenters. The molecule has 0 heterocycles. The van der Waals surface area contributed by atoms with Crippen LogP contribution in [-0.2, 0) is 16.4 Å². The summed E-state index contributed by atoms with van der Waals surface area (Å²) in [5.74, 6) is 0.475. The van der Waals surface area contributed by atoms with Crippen molar-refractivity contribution in [3.8, 4) is 0 Å². The van der Waals surface area contributed by atoms with Crippen molar-refractivity contribution in [2.75, 3.05) is 18.2 Å². The van der Waals surface area contributed by atoms with Crippen molar-refractivity contribution >= 4 is 21.6 Å². The van der Waals surface area contributed by atoms with Crippen molar-refractivity contribution in [1.82, 2.24) is 4.72 Å². The normalized spacial score (nSPS) is 11.6. The van der Waals surface area contributed by atoms with Gasteiger partial charge in [-0.15, -0.1) is 11.6 Å². The Bertz CT molecular complexity index is 446. The van der Waals surface area contributed by atoms with Crippen LogP contribution in [0.5, 0.6) is 0 Å². The molecule has 3 nitrogen and oxygen atoms in total. The van der Waals surface area contributed by atoms with Crippen LogP contribution in [0.3, 0.4) is 0 Å². The van der Waals surface area contributed by atoms with Gasteiger partial charge >= 0.3 is 0 Å². The number of halogens is 1. The first-order valence-corrected chi connectivity index (χ1v) is 7.81. The van der Waals surface area contributed by atoms with E-state index < -0.39 is 10.0 Å². The Hall–Kier alpha value is -0.580. The number of alkyl halides is 1. The summed E-state index contributed by atoms with van der Waals surface area (Å²) < 4.78 is 25.5. The molecule has 1 N–H and O–H groups in total. The smallest absolute Gasteiger partial charge is 0.211 e. The van der Waals surface area contributed by atoms with E-state index in [9.17, 15) is 8.42 Å². The zero-order valence-electron chi connectivity index (χ0n) is 9.95. The average molecular weight is 276 g/mol. The first-order chi connectivity index (χ1) is 8.03. The number of hydrogen-bond acceptors (Lipinski definition) is 2. The predicted octanol–water partition coefficient (Wildman–Crippen LogP) is 2.09. The summed E-state index contributed by atoms with van der Waals surface area (Å²) in [5, 5.41) is 0. The first kappa shape index (κ1) is 14.5. The molecule has 1 aromatic carbocycles. The molecule has 5 heteroatoms. The Balaban J connectivity index is 2.37. The van der Waals surface area contributed by atoms with Crippen LogP contribution in [0.15, 0.2) is 24.3 Å². The third-order valence-corrected chi connectivity index (χ3v) is 4.10.